The molecule has 0 aliphatic rings. The monoisotopic (exact) mass is 782 g/mol. The zero-order valence-corrected chi connectivity index (χ0v) is 37.7. The highest BCUT2D eigenvalue weighted by molar-refractivity contribution is 6.92. The van der Waals surface area contributed by atoms with E-state index in [-0.39, 0.29) is 0 Å². The van der Waals surface area contributed by atoms with Crippen molar-refractivity contribution in [2.45, 2.75) is 132 Å². The van der Waals surface area contributed by atoms with Crippen LogP contribution in [0.2, 0.25) is 0 Å². The molecule has 0 amide bonds. The predicted molar refractivity (Wildman–Crippen MR) is 239 cm³/mol. The third-order valence-corrected chi connectivity index (χ3v) is 16.4. The van der Waals surface area contributed by atoms with Gasteiger partial charge in [-0.05, 0) is 119 Å². The van der Waals surface area contributed by atoms with Gasteiger partial charge in [-0.15, -0.1) is 0 Å². The highest BCUT2D eigenvalue weighted by Crippen LogP contribution is 2.24. The van der Waals surface area contributed by atoms with Crippen LogP contribution in [0.3, 0.4) is 0 Å². The SMILES string of the molecule is CCCCOc1cc([SiH](O[SiH](c2ccc(CC)c(OCCCC)c2)c2ccc(CC)c(OCCCC)c2)c2ccc(CC)c(OCCCC)c2)ccc1CC. The van der Waals surface area contributed by atoms with Crippen LogP contribution in [-0.2, 0) is 29.8 Å². The van der Waals surface area contributed by atoms with Crippen LogP contribution in [0.4, 0.5) is 0 Å². The summed E-state index contributed by atoms with van der Waals surface area (Å²) >= 11 is 0. The lowest BCUT2D eigenvalue weighted by molar-refractivity contribution is 0.306. The third kappa shape index (κ3) is 12.7. The number of ether oxygens (including phenoxy) is 4. The summed E-state index contributed by atoms with van der Waals surface area (Å²) in [6, 6.07) is 27.4. The predicted octanol–water partition coefficient (Wildman–Crippen LogP) is 9.04. The van der Waals surface area contributed by atoms with Crippen molar-refractivity contribution in [1.82, 2.24) is 0 Å². The first-order valence-corrected chi connectivity index (χ1v) is 24.9. The second-order valence-corrected chi connectivity index (χ2v) is 19.9. The van der Waals surface area contributed by atoms with Crippen LogP contribution in [0.25, 0.3) is 0 Å². The van der Waals surface area contributed by atoms with Crippen molar-refractivity contribution in [2.75, 3.05) is 26.4 Å². The minimum absolute atomic E-state index is 0.715. The molecule has 0 aliphatic carbocycles. The molecule has 0 unspecified atom stereocenters. The maximum absolute atomic E-state index is 7.87. The van der Waals surface area contributed by atoms with Crippen LogP contribution in [-0.4, -0.2) is 44.5 Å². The van der Waals surface area contributed by atoms with Crippen molar-refractivity contribution in [1.29, 1.82) is 0 Å². The second-order valence-electron chi connectivity index (χ2n) is 14.6. The van der Waals surface area contributed by atoms with E-state index < -0.39 is 18.1 Å². The quantitative estimate of drug-likeness (QED) is 0.0470. The first kappa shape index (κ1) is 44.2. The van der Waals surface area contributed by atoms with Gasteiger partial charge in [-0.25, -0.2) is 0 Å². The number of hydrogen-bond acceptors (Lipinski definition) is 5. The van der Waals surface area contributed by atoms with E-state index in [2.05, 4.69) is 128 Å². The lowest BCUT2D eigenvalue weighted by Gasteiger charge is -2.27. The topological polar surface area (TPSA) is 46.2 Å². The summed E-state index contributed by atoms with van der Waals surface area (Å²) in [6.07, 6.45) is 12.2. The molecular weight excluding hydrogens is 713 g/mol. The molecule has 7 heteroatoms. The van der Waals surface area contributed by atoms with Crippen LogP contribution in [0.1, 0.15) is 129 Å². The fraction of sp³-hybridized carbons (Fsp3) is 0.500. The fourth-order valence-electron chi connectivity index (χ4n) is 6.78. The standard InChI is InChI=1S/C48H70O5Si2/c1-9-17-29-49-45-33-41(25-21-37(45)13-5)54(42-26-22-38(14-6)46(34-42)50-30-18-10-2)53-55(43-27-23-39(15-7)47(35-43)51-31-19-11-3)44-28-24-40(16-8)48(36-44)52-32-20-12-4/h21-28,33-36,54-55H,9-20,29-32H2,1-8H3. The number of aryl methyl sites for hydroxylation is 4. The van der Waals surface area contributed by atoms with Gasteiger partial charge >= 0.3 is 0 Å². The van der Waals surface area contributed by atoms with Gasteiger partial charge in [0.15, 0.2) is 0 Å². The average Bonchev–Trinajstić information content (AvgIpc) is 3.21. The zero-order valence-electron chi connectivity index (χ0n) is 35.4. The number of rotatable bonds is 26. The molecule has 4 aromatic carbocycles. The van der Waals surface area contributed by atoms with E-state index in [1.54, 1.807) is 0 Å². The van der Waals surface area contributed by atoms with Gasteiger partial charge in [0.2, 0.25) is 18.1 Å². The first-order chi connectivity index (χ1) is 26.9. The summed E-state index contributed by atoms with van der Waals surface area (Å²) in [5.41, 5.74) is 4.94. The maximum Gasteiger partial charge on any atom is 0.229 e. The third-order valence-electron chi connectivity index (χ3n) is 10.4. The van der Waals surface area contributed by atoms with Gasteiger partial charge in [0.05, 0.1) is 26.4 Å². The van der Waals surface area contributed by atoms with Crippen molar-refractivity contribution in [3.8, 4) is 23.0 Å². The largest absolute Gasteiger partial charge is 0.493 e. The molecular formula is C48H70O5Si2. The molecule has 0 atom stereocenters. The van der Waals surface area contributed by atoms with Crippen LogP contribution >= 0.6 is 0 Å². The van der Waals surface area contributed by atoms with Crippen LogP contribution in [0, 0.1) is 0 Å². The lowest BCUT2D eigenvalue weighted by Crippen LogP contribution is -2.56. The van der Waals surface area contributed by atoms with E-state index in [1.165, 1.54) is 43.0 Å². The van der Waals surface area contributed by atoms with Crippen LogP contribution < -0.4 is 39.7 Å². The number of unbranched alkanes of at least 4 members (excludes halogenated alkanes) is 4. The minimum Gasteiger partial charge on any atom is -0.493 e. The zero-order chi connectivity index (χ0) is 39.4. The highest BCUT2D eigenvalue weighted by atomic mass is 28.4. The average molecular weight is 783 g/mol. The minimum atomic E-state index is -2.35. The molecule has 5 nitrogen and oxygen atoms in total. The molecule has 0 radical (unpaired) electrons. The molecule has 0 heterocycles. The normalized spacial score (nSPS) is 11.4. The summed E-state index contributed by atoms with van der Waals surface area (Å²) in [5.74, 6) is 3.93. The van der Waals surface area contributed by atoms with Gasteiger partial charge in [-0.1, -0.05) is 130 Å². The molecule has 0 bridgehead atoms. The first-order valence-electron chi connectivity index (χ1n) is 21.6. The smallest absolute Gasteiger partial charge is 0.229 e. The van der Waals surface area contributed by atoms with E-state index in [0.717, 1.165) is 100 Å². The van der Waals surface area contributed by atoms with Crippen molar-refractivity contribution in [3.05, 3.63) is 95.1 Å². The maximum atomic E-state index is 7.87. The van der Waals surface area contributed by atoms with Gasteiger partial charge in [0.1, 0.15) is 23.0 Å². The van der Waals surface area contributed by atoms with Crippen molar-refractivity contribution >= 4 is 38.8 Å². The summed E-state index contributed by atoms with van der Waals surface area (Å²) in [7, 11) is -4.71. The van der Waals surface area contributed by atoms with E-state index >= 15 is 0 Å². The molecule has 0 aromatic heterocycles. The van der Waals surface area contributed by atoms with Gasteiger partial charge < -0.3 is 23.1 Å². The van der Waals surface area contributed by atoms with Crippen molar-refractivity contribution in [3.63, 3.8) is 0 Å². The van der Waals surface area contributed by atoms with E-state index in [9.17, 15) is 0 Å². The Morgan fingerprint density at radius 2 is 0.582 bits per heavy atom. The van der Waals surface area contributed by atoms with E-state index in [0.29, 0.717) is 26.4 Å². The molecule has 0 fully saturated rings. The molecule has 4 rings (SSSR count). The Bertz CT molecular complexity index is 1480. The van der Waals surface area contributed by atoms with Gasteiger partial charge in [0.25, 0.3) is 0 Å². The van der Waals surface area contributed by atoms with E-state index in [1.807, 2.05) is 0 Å². The summed E-state index contributed by atoms with van der Waals surface area (Å²) in [5, 5.41) is 4.89. The molecule has 0 spiro atoms. The van der Waals surface area contributed by atoms with E-state index in [4.69, 9.17) is 23.1 Å². The Balaban J connectivity index is 1.94. The van der Waals surface area contributed by atoms with Crippen LogP contribution in [0.5, 0.6) is 23.0 Å². The van der Waals surface area contributed by atoms with Crippen LogP contribution in [0.15, 0.2) is 72.8 Å². The molecule has 0 aliphatic heterocycles. The van der Waals surface area contributed by atoms with Gasteiger partial charge in [-0.3, -0.25) is 0 Å². The molecule has 0 saturated heterocycles. The Morgan fingerprint density at radius 1 is 0.345 bits per heavy atom. The molecule has 0 saturated carbocycles. The Kier molecular flexibility index (Phi) is 19.4. The number of hydrogen-bond donors (Lipinski definition) is 0. The highest BCUT2D eigenvalue weighted by Gasteiger charge is 2.29. The number of benzene rings is 4. The van der Waals surface area contributed by atoms with Crippen molar-refractivity contribution < 1.29 is 23.1 Å². The Hall–Kier alpha value is -3.53. The fourth-order valence-corrected chi connectivity index (χ4v) is 13.5. The summed E-state index contributed by atoms with van der Waals surface area (Å²) in [6.45, 7) is 20.5. The molecule has 0 N–H and O–H groups in total. The Morgan fingerprint density at radius 3 is 0.782 bits per heavy atom. The second kappa shape index (κ2) is 24.2. The molecule has 55 heavy (non-hydrogen) atoms. The molecule has 300 valence electrons. The Labute approximate surface area is 337 Å². The molecule has 4 aromatic rings. The lowest BCUT2D eigenvalue weighted by atomic mass is 10.1. The summed E-state index contributed by atoms with van der Waals surface area (Å²) in [4.78, 5) is 0. The van der Waals surface area contributed by atoms with Crippen molar-refractivity contribution in [2.24, 2.45) is 0 Å². The van der Waals surface area contributed by atoms with Gasteiger partial charge in [-0.2, -0.15) is 0 Å². The van der Waals surface area contributed by atoms with Gasteiger partial charge in [0, 0.05) is 0 Å². The summed E-state index contributed by atoms with van der Waals surface area (Å²) < 4.78 is 33.8.